The largest absolute Gasteiger partial charge is 0.514 e. The van der Waals surface area contributed by atoms with Gasteiger partial charge in [-0.3, -0.25) is 4.79 Å². The molecule has 1 aromatic carbocycles. The molecule has 12 nitrogen and oxygen atoms in total. The number of hydrogen-bond donors (Lipinski definition) is 2. The molecule has 0 aliphatic heterocycles. The highest BCUT2D eigenvalue weighted by Crippen LogP contribution is 2.30. The molecule has 0 heterocycles. The summed E-state index contributed by atoms with van der Waals surface area (Å²) in [6.07, 6.45) is -3.22. The molecule has 202 valence electrons. The predicted octanol–water partition coefficient (Wildman–Crippen LogP) is 4.07. The SMILES string of the molecule is CCC(C)OC(=O)Oc1ccc(C[C@H](NCC(C)OC(=O)OC)C(=O)O)cc1OC(=O)OC(C)CC. The van der Waals surface area contributed by atoms with Crippen LogP contribution in [-0.4, -0.2) is 67.6 Å². The van der Waals surface area contributed by atoms with E-state index in [4.69, 9.17) is 23.7 Å². The van der Waals surface area contributed by atoms with Gasteiger partial charge in [0.2, 0.25) is 0 Å². The molecule has 1 rings (SSSR count). The molecule has 0 radical (unpaired) electrons. The van der Waals surface area contributed by atoms with E-state index in [0.717, 1.165) is 0 Å². The Labute approximate surface area is 210 Å². The second-order valence-electron chi connectivity index (χ2n) is 8.04. The van der Waals surface area contributed by atoms with Gasteiger partial charge in [-0.15, -0.1) is 0 Å². The third-order valence-electron chi connectivity index (χ3n) is 4.99. The monoisotopic (exact) mass is 513 g/mol. The molecule has 12 heteroatoms. The smallest absolute Gasteiger partial charge is 0.480 e. The van der Waals surface area contributed by atoms with E-state index in [1.54, 1.807) is 20.8 Å². The molecule has 2 N–H and O–H groups in total. The van der Waals surface area contributed by atoms with E-state index in [1.807, 2.05) is 13.8 Å². The van der Waals surface area contributed by atoms with Crippen LogP contribution in [0.2, 0.25) is 0 Å². The van der Waals surface area contributed by atoms with Gasteiger partial charge in [0.15, 0.2) is 11.5 Å². The number of rotatable bonds is 13. The lowest BCUT2D eigenvalue weighted by Crippen LogP contribution is -2.42. The molecule has 0 aromatic heterocycles. The summed E-state index contributed by atoms with van der Waals surface area (Å²) in [5.41, 5.74) is 0.449. The van der Waals surface area contributed by atoms with Gasteiger partial charge in [-0.25, -0.2) is 14.4 Å². The molecule has 0 amide bonds. The maximum Gasteiger partial charge on any atom is 0.514 e. The second kappa shape index (κ2) is 15.5. The summed E-state index contributed by atoms with van der Waals surface area (Å²) in [5.74, 6) is -1.40. The fourth-order valence-corrected chi connectivity index (χ4v) is 2.61. The average Bonchev–Trinajstić information content (AvgIpc) is 2.82. The van der Waals surface area contributed by atoms with Crippen LogP contribution in [0.4, 0.5) is 14.4 Å². The molecule has 36 heavy (non-hydrogen) atoms. The fraction of sp³-hybridized carbons (Fsp3) is 0.583. The van der Waals surface area contributed by atoms with Gasteiger partial charge in [-0.1, -0.05) is 19.9 Å². The van der Waals surface area contributed by atoms with Crippen LogP contribution < -0.4 is 14.8 Å². The molecule has 0 fully saturated rings. The Balaban J connectivity index is 3.06. The Bertz CT molecular complexity index is 889. The first-order valence-corrected chi connectivity index (χ1v) is 11.6. The van der Waals surface area contributed by atoms with Gasteiger partial charge in [0.1, 0.15) is 24.4 Å². The standard InChI is InChI=1S/C24H35NO11/c1-7-14(3)32-23(29)35-19-10-9-17(12-20(19)36-24(30)33-15(4)8-2)11-18(21(26)27)25-13-16(5)34-22(28)31-6/h9-10,12,14-16,18,25H,7-8,11,13H2,1-6H3,(H,26,27)/t14?,15?,16?,18-/m0/s1. The van der Waals surface area contributed by atoms with Gasteiger partial charge in [0.25, 0.3) is 0 Å². The maximum atomic E-state index is 12.2. The molecule has 0 bridgehead atoms. The van der Waals surface area contributed by atoms with E-state index in [9.17, 15) is 24.3 Å². The van der Waals surface area contributed by atoms with Crippen LogP contribution in [0, 0.1) is 0 Å². The van der Waals surface area contributed by atoms with E-state index in [2.05, 4.69) is 10.1 Å². The minimum Gasteiger partial charge on any atom is -0.480 e. The van der Waals surface area contributed by atoms with E-state index in [0.29, 0.717) is 18.4 Å². The van der Waals surface area contributed by atoms with Crippen molar-refractivity contribution in [3.63, 3.8) is 0 Å². The summed E-state index contributed by atoms with van der Waals surface area (Å²) < 4.78 is 30.0. The minimum absolute atomic E-state index is 0.0331. The van der Waals surface area contributed by atoms with Crippen LogP contribution in [0.15, 0.2) is 18.2 Å². The van der Waals surface area contributed by atoms with Gasteiger partial charge in [-0.05, 0) is 57.7 Å². The van der Waals surface area contributed by atoms with Crippen molar-refractivity contribution in [3.8, 4) is 11.5 Å². The Morgan fingerprint density at radius 2 is 1.36 bits per heavy atom. The predicted molar refractivity (Wildman–Crippen MR) is 126 cm³/mol. The lowest BCUT2D eigenvalue weighted by molar-refractivity contribution is -0.139. The Hall–Kier alpha value is -3.54. The average molecular weight is 514 g/mol. The number of carboxylic acids is 1. The first kappa shape index (κ1) is 30.5. The summed E-state index contributed by atoms with van der Waals surface area (Å²) in [6.45, 7) is 8.66. The van der Waals surface area contributed by atoms with Crippen molar-refractivity contribution in [2.45, 2.75) is 78.2 Å². The van der Waals surface area contributed by atoms with E-state index < -0.39 is 42.7 Å². The Kier molecular flexibility index (Phi) is 13.1. The quantitative estimate of drug-likeness (QED) is 0.222. The molecule has 0 aliphatic carbocycles. The molecular formula is C24H35NO11. The van der Waals surface area contributed by atoms with Gasteiger partial charge >= 0.3 is 24.4 Å². The number of carbonyl (C=O) groups is 4. The van der Waals surface area contributed by atoms with Gasteiger partial charge < -0.3 is 38.8 Å². The molecule has 0 saturated heterocycles. The van der Waals surface area contributed by atoms with Crippen LogP contribution in [0.3, 0.4) is 0 Å². The topological polar surface area (TPSA) is 156 Å². The zero-order valence-corrected chi connectivity index (χ0v) is 21.4. The Morgan fingerprint density at radius 3 is 1.86 bits per heavy atom. The van der Waals surface area contributed by atoms with E-state index in [1.165, 1.54) is 25.3 Å². The number of ether oxygens (including phenoxy) is 6. The lowest BCUT2D eigenvalue weighted by Gasteiger charge is -2.19. The van der Waals surface area contributed by atoms with Gasteiger partial charge in [0, 0.05) is 6.54 Å². The summed E-state index contributed by atoms with van der Waals surface area (Å²) in [5, 5.41) is 12.4. The number of aliphatic carboxylic acids is 1. The van der Waals surface area contributed by atoms with Crippen LogP contribution in [0.1, 0.15) is 53.0 Å². The fourth-order valence-electron chi connectivity index (χ4n) is 2.61. The third kappa shape index (κ3) is 11.3. The van der Waals surface area contributed by atoms with Crippen molar-refractivity contribution >= 4 is 24.4 Å². The highest BCUT2D eigenvalue weighted by atomic mass is 16.8. The zero-order valence-electron chi connectivity index (χ0n) is 21.4. The van der Waals surface area contributed by atoms with Crippen molar-refractivity contribution in [1.29, 1.82) is 0 Å². The zero-order chi connectivity index (χ0) is 27.3. The van der Waals surface area contributed by atoms with Crippen LogP contribution in [0.5, 0.6) is 11.5 Å². The number of carbonyl (C=O) groups excluding carboxylic acids is 3. The first-order chi connectivity index (χ1) is 17.0. The van der Waals surface area contributed by atoms with Crippen molar-refractivity contribution in [2.24, 2.45) is 0 Å². The lowest BCUT2D eigenvalue weighted by atomic mass is 10.0. The molecule has 0 aliphatic rings. The number of benzene rings is 1. The van der Waals surface area contributed by atoms with Crippen LogP contribution in [-0.2, 0) is 30.2 Å². The molecule has 0 spiro atoms. The van der Waals surface area contributed by atoms with E-state index >= 15 is 0 Å². The molecule has 0 saturated carbocycles. The molecular weight excluding hydrogens is 478 g/mol. The van der Waals surface area contributed by atoms with Gasteiger partial charge in [-0.2, -0.15) is 0 Å². The number of hydrogen-bond acceptors (Lipinski definition) is 11. The summed E-state index contributed by atoms with van der Waals surface area (Å²) >= 11 is 0. The molecule has 1 aromatic rings. The molecule has 4 atom stereocenters. The first-order valence-electron chi connectivity index (χ1n) is 11.6. The Morgan fingerprint density at radius 1 is 0.833 bits per heavy atom. The summed E-state index contributed by atoms with van der Waals surface area (Å²) in [6, 6.07) is 3.18. The second-order valence-corrected chi connectivity index (χ2v) is 8.04. The third-order valence-corrected chi connectivity index (χ3v) is 4.99. The van der Waals surface area contributed by atoms with Crippen molar-refractivity contribution in [3.05, 3.63) is 23.8 Å². The summed E-state index contributed by atoms with van der Waals surface area (Å²) in [4.78, 5) is 47.3. The molecule has 3 unspecified atom stereocenters. The number of methoxy groups -OCH3 is 1. The summed E-state index contributed by atoms with van der Waals surface area (Å²) in [7, 11) is 1.17. The van der Waals surface area contributed by atoms with Crippen molar-refractivity contribution in [2.75, 3.05) is 13.7 Å². The highest BCUT2D eigenvalue weighted by Gasteiger charge is 2.23. The van der Waals surface area contributed by atoms with Crippen LogP contribution >= 0.6 is 0 Å². The maximum absolute atomic E-state index is 12.2. The van der Waals surface area contributed by atoms with Gasteiger partial charge in [0.05, 0.1) is 7.11 Å². The van der Waals surface area contributed by atoms with Crippen LogP contribution in [0.25, 0.3) is 0 Å². The van der Waals surface area contributed by atoms with Crippen molar-refractivity contribution in [1.82, 2.24) is 5.32 Å². The number of carboxylic acid groups (broad SMARTS) is 1. The minimum atomic E-state index is -1.16. The van der Waals surface area contributed by atoms with Crippen molar-refractivity contribution < 1.29 is 52.7 Å². The normalized spacial score (nSPS) is 13.9. The van der Waals surface area contributed by atoms with E-state index in [-0.39, 0.29) is 30.6 Å². The number of nitrogens with one attached hydrogen (secondary N) is 1. The highest BCUT2D eigenvalue weighted by molar-refractivity contribution is 5.74.